The smallest absolute Gasteiger partial charge is 0.150 e. The van der Waals surface area contributed by atoms with Crippen LogP contribution in [0, 0.1) is 6.92 Å². The molecule has 6 heteroatoms. The molecular weight excluding hydrogens is 342 g/mol. The Labute approximate surface area is 151 Å². The first kappa shape index (κ1) is 18.4. The summed E-state index contributed by atoms with van der Waals surface area (Å²) in [7, 11) is 0. The largest absolute Gasteiger partial charge is 0.412 e. The van der Waals surface area contributed by atoms with Crippen LogP contribution in [0.2, 0.25) is 0 Å². The molecule has 0 atom stereocenters. The van der Waals surface area contributed by atoms with Crippen molar-refractivity contribution >= 4 is 39.8 Å². The molecule has 0 spiro atoms. The van der Waals surface area contributed by atoms with E-state index in [1.165, 1.54) is 15.1 Å². The van der Waals surface area contributed by atoms with Crippen LogP contribution in [0.25, 0.3) is 20.7 Å². The number of benzene rings is 1. The van der Waals surface area contributed by atoms with E-state index >= 15 is 0 Å². The lowest BCUT2D eigenvalue weighted by Gasteiger charge is -2.24. The average molecular weight is 362 g/mol. The van der Waals surface area contributed by atoms with Crippen LogP contribution in [0.5, 0.6) is 0 Å². The SMILES string of the molecule is Cc1nc(N2CC=CCC2)c2sc(-c3ccccc3)cc2n1.Cl.O. The van der Waals surface area contributed by atoms with Crippen LogP contribution in [-0.4, -0.2) is 28.5 Å². The molecule has 2 N–H and O–H groups in total. The van der Waals surface area contributed by atoms with Gasteiger partial charge < -0.3 is 10.4 Å². The highest BCUT2D eigenvalue weighted by atomic mass is 35.5. The minimum absolute atomic E-state index is 0. The Hall–Kier alpha value is -1.95. The molecule has 0 aliphatic carbocycles. The summed E-state index contributed by atoms with van der Waals surface area (Å²) in [5.74, 6) is 1.92. The van der Waals surface area contributed by atoms with Gasteiger partial charge in [0.15, 0.2) is 5.82 Å². The molecule has 0 amide bonds. The Kier molecular flexibility index (Phi) is 5.94. The highest BCUT2D eigenvalue weighted by Gasteiger charge is 2.17. The van der Waals surface area contributed by atoms with E-state index in [9.17, 15) is 0 Å². The third kappa shape index (κ3) is 3.43. The number of fused-ring (bicyclic) bond motifs is 1. The van der Waals surface area contributed by atoms with Gasteiger partial charge in [0.25, 0.3) is 0 Å². The number of hydrogen-bond donors (Lipinski definition) is 0. The Morgan fingerprint density at radius 3 is 2.58 bits per heavy atom. The minimum Gasteiger partial charge on any atom is -0.412 e. The quantitative estimate of drug-likeness (QED) is 0.647. The maximum Gasteiger partial charge on any atom is 0.150 e. The van der Waals surface area contributed by atoms with E-state index in [4.69, 9.17) is 4.98 Å². The molecule has 24 heavy (non-hydrogen) atoms. The first-order valence-electron chi connectivity index (χ1n) is 7.55. The predicted molar refractivity (Wildman–Crippen MR) is 104 cm³/mol. The summed E-state index contributed by atoms with van der Waals surface area (Å²) in [5, 5.41) is 0. The molecule has 0 saturated carbocycles. The summed E-state index contributed by atoms with van der Waals surface area (Å²) in [6, 6.07) is 12.7. The van der Waals surface area contributed by atoms with Crippen molar-refractivity contribution in [2.45, 2.75) is 13.3 Å². The van der Waals surface area contributed by atoms with Gasteiger partial charge in [-0.25, -0.2) is 9.97 Å². The number of nitrogens with zero attached hydrogens (tertiary/aromatic N) is 3. The topological polar surface area (TPSA) is 60.5 Å². The molecule has 0 unspecified atom stereocenters. The summed E-state index contributed by atoms with van der Waals surface area (Å²) >= 11 is 1.79. The summed E-state index contributed by atoms with van der Waals surface area (Å²) in [4.78, 5) is 13.0. The van der Waals surface area contributed by atoms with Crippen LogP contribution in [0.4, 0.5) is 5.82 Å². The molecule has 0 radical (unpaired) electrons. The highest BCUT2D eigenvalue weighted by Crippen LogP contribution is 2.37. The van der Waals surface area contributed by atoms with Gasteiger partial charge in [-0.3, -0.25) is 0 Å². The molecule has 0 saturated heterocycles. The number of aromatic nitrogens is 2. The molecule has 2 aromatic heterocycles. The Morgan fingerprint density at radius 1 is 1.08 bits per heavy atom. The molecule has 4 rings (SSSR count). The van der Waals surface area contributed by atoms with Crippen molar-refractivity contribution in [1.29, 1.82) is 0 Å². The molecule has 3 aromatic rings. The molecular formula is C18H20ClN3OS. The van der Waals surface area contributed by atoms with Crippen LogP contribution in [0.3, 0.4) is 0 Å². The second kappa shape index (κ2) is 7.75. The lowest BCUT2D eigenvalue weighted by Crippen LogP contribution is -2.27. The van der Waals surface area contributed by atoms with E-state index in [0.717, 1.165) is 36.7 Å². The predicted octanol–water partition coefficient (Wildman–Crippen LogP) is 4.03. The Balaban J connectivity index is 0.00000104. The number of rotatable bonds is 2. The van der Waals surface area contributed by atoms with E-state index in [2.05, 4.69) is 52.4 Å². The normalized spacial score (nSPS) is 13.5. The maximum atomic E-state index is 4.72. The lowest BCUT2D eigenvalue weighted by atomic mass is 10.2. The minimum atomic E-state index is 0. The van der Waals surface area contributed by atoms with Crippen molar-refractivity contribution in [3.63, 3.8) is 0 Å². The van der Waals surface area contributed by atoms with Crippen molar-refractivity contribution in [2.24, 2.45) is 0 Å². The second-order valence-electron chi connectivity index (χ2n) is 5.49. The number of hydrogen-bond acceptors (Lipinski definition) is 4. The summed E-state index contributed by atoms with van der Waals surface area (Å²) in [6.45, 7) is 3.94. The lowest BCUT2D eigenvalue weighted by molar-refractivity contribution is 0.805. The molecule has 4 nitrogen and oxygen atoms in total. The zero-order valence-electron chi connectivity index (χ0n) is 13.4. The molecule has 126 valence electrons. The fourth-order valence-corrected chi connectivity index (χ4v) is 3.94. The fraction of sp³-hybridized carbons (Fsp3) is 0.222. The van der Waals surface area contributed by atoms with Gasteiger partial charge in [0, 0.05) is 18.0 Å². The van der Waals surface area contributed by atoms with Crippen LogP contribution >= 0.6 is 23.7 Å². The van der Waals surface area contributed by atoms with E-state index in [1.54, 1.807) is 11.3 Å². The zero-order chi connectivity index (χ0) is 14.9. The van der Waals surface area contributed by atoms with Crippen molar-refractivity contribution in [3.8, 4) is 10.4 Å². The summed E-state index contributed by atoms with van der Waals surface area (Å²) < 4.78 is 1.19. The van der Waals surface area contributed by atoms with Gasteiger partial charge in [-0.15, -0.1) is 23.7 Å². The Bertz CT molecular complexity index is 848. The molecule has 1 aliphatic rings. The Morgan fingerprint density at radius 2 is 1.88 bits per heavy atom. The van der Waals surface area contributed by atoms with E-state index < -0.39 is 0 Å². The van der Waals surface area contributed by atoms with Crippen molar-refractivity contribution in [2.75, 3.05) is 18.0 Å². The van der Waals surface area contributed by atoms with Gasteiger partial charge in [-0.2, -0.15) is 0 Å². The summed E-state index contributed by atoms with van der Waals surface area (Å²) in [6.07, 6.45) is 5.55. The van der Waals surface area contributed by atoms with Gasteiger partial charge in [0.1, 0.15) is 5.82 Å². The van der Waals surface area contributed by atoms with Gasteiger partial charge in [-0.05, 0) is 25.0 Å². The third-order valence-electron chi connectivity index (χ3n) is 3.88. The van der Waals surface area contributed by atoms with Gasteiger partial charge >= 0.3 is 0 Å². The number of thiophene rings is 1. The van der Waals surface area contributed by atoms with Crippen molar-refractivity contribution < 1.29 is 5.48 Å². The van der Waals surface area contributed by atoms with Crippen molar-refractivity contribution in [1.82, 2.24) is 9.97 Å². The molecule has 1 aromatic carbocycles. The van der Waals surface area contributed by atoms with Gasteiger partial charge in [0.2, 0.25) is 0 Å². The molecule has 3 heterocycles. The fourth-order valence-electron chi connectivity index (χ4n) is 2.82. The van der Waals surface area contributed by atoms with Gasteiger partial charge in [-0.1, -0.05) is 42.5 Å². The molecule has 0 bridgehead atoms. The van der Waals surface area contributed by atoms with Crippen LogP contribution in [0.1, 0.15) is 12.2 Å². The molecule has 1 aliphatic heterocycles. The number of anilines is 1. The average Bonchev–Trinajstić information content (AvgIpc) is 2.99. The maximum absolute atomic E-state index is 4.72. The molecule has 0 fully saturated rings. The number of aryl methyl sites for hydroxylation is 1. The van der Waals surface area contributed by atoms with E-state index in [0.29, 0.717) is 0 Å². The van der Waals surface area contributed by atoms with E-state index in [1.807, 2.05) is 13.0 Å². The van der Waals surface area contributed by atoms with Crippen LogP contribution in [0.15, 0.2) is 48.6 Å². The van der Waals surface area contributed by atoms with Crippen molar-refractivity contribution in [3.05, 3.63) is 54.4 Å². The summed E-state index contributed by atoms with van der Waals surface area (Å²) in [5.41, 5.74) is 2.30. The first-order chi connectivity index (χ1) is 10.8. The highest BCUT2D eigenvalue weighted by molar-refractivity contribution is 7.22. The van der Waals surface area contributed by atoms with E-state index in [-0.39, 0.29) is 17.9 Å². The van der Waals surface area contributed by atoms with Gasteiger partial charge in [0.05, 0.1) is 10.2 Å². The van der Waals surface area contributed by atoms with Crippen LogP contribution < -0.4 is 4.90 Å². The standard InChI is InChI=1S/C18H17N3S.ClH.H2O/c1-13-19-15-12-16(14-8-4-2-5-9-14)22-17(15)18(20-13)21-10-6-3-7-11-21;;/h2-6,8-9,12H,7,10-11H2,1H3;1H;1H2. The number of halogens is 1. The second-order valence-corrected chi connectivity index (χ2v) is 6.54. The van der Waals surface area contributed by atoms with Crippen LogP contribution in [-0.2, 0) is 0 Å². The zero-order valence-corrected chi connectivity index (χ0v) is 15.0. The first-order valence-corrected chi connectivity index (χ1v) is 8.36. The monoisotopic (exact) mass is 361 g/mol. The third-order valence-corrected chi connectivity index (χ3v) is 5.05.